The van der Waals surface area contributed by atoms with E-state index in [2.05, 4.69) is 0 Å². The summed E-state index contributed by atoms with van der Waals surface area (Å²) in [5.41, 5.74) is -0.587. The van der Waals surface area contributed by atoms with E-state index in [0.717, 1.165) is 12.3 Å². The van der Waals surface area contributed by atoms with Gasteiger partial charge in [-0.3, -0.25) is 0 Å². The molecule has 0 bridgehead atoms. The van der Waals surface area contributed by atoms with Gasteiger partial charge in [-0.1, -0.05) is 0 Å². The van der Waals surface area contributed by atoms with E-state index in [1.54, 1.807) is 0 Å². The number of hydrogen-bond donors (Lipinski definition) is 0. The van der Waals surface area contributed by atoms with E-state index < -0.39 is 11.7 Å². The summed E-state index contributed by atoms with van der Waals surface area (Å²) in [6.07, 6.45) is -1.67. The maximum atomic E-state index is 12.1. The second kappa shape index (κ2) is 4.83. The van der Waals surface area contributed by atoms with Crippen LogP contribution in [0.15, 0.2) is 18.5 Å². The Morgan fingerprint density at radius 3 is 2.07 bits per heavy atom. The number of aromatic nitrogens is 1. The van der Waals surface area contributed by atoms with Gasteiger partial charge in [0.25, 0.3) is 0 Å². The topological polar surface area (TPSA) is 22.0 Å². The lowest BCUT2D eigenvalue weighted by molar-refractivity contribution is -0.137. The van der Waals surface area contributed by atoms with Crippen LogP contribution in [-0.4, -0.2) is 11.4 Å². The smallest absolute Gasteiger partial charge is 0.351 e. The number of nitrogens with zero attached hydrogens (tertiary/aromatic N) is 1. The summed E-state index contributed by atoms with van der Waals surface area (Å²) in [6.45, 7) is 5.67. The third kappa shape index (κ3) is 3.24. The molecule has 0 atom stereocenters. The Morgan fingerprint density at radius 2 is 1.86 bits per heavy atom. The van der Waals surface area contributed by atoms with Crippen molar-refractivity contribution in [2.45, 2.75) is 26.1 Å². The van der Waals surface area contributed by atoms with E-state index >= 15 is 0 Å². The van der Waals surface area contributed by atoms with Crippen molar-refractivity contribution in [3.8, 4) is 0 Å². The van der Waals surface area contributed by atoms with Crippen LogP contribution in [0.5, 0.6) is 0 Å². The lowest BCUT2D eigenvalue weighted by Gasteiger charge is -2.06. The molecule has 14 heavy (non-hydrogen) atoms. The van der Waals surface area contributed by atoms with E-state index in [1.807, 2.05) is 20.6 Å². The van der Waals surface area contributed by atoms with Crippen molar-refractivity contribution < 1.29 is 18.0 Å². The molecule has 0 saturated heterocycles. The first-order chi connectivity index (χ1) is 6.41. The number of rotatable bonds is 1. The molecule has 0 amide bonds. The van der Waals surface area contributed by atoms with Gasteiger partial charge in [-0.15, -0.1) is 0 Å². The first-order valence-electron chi connectivity index (χ1n) is 3.95. The summed E-state index contributed by atoms with van der Waals surface area (Å²) in [7, 11) is 0. The van der Waals surface area contributed by atoms with Crippen molar-refractivity contribution in [2.24, 2.45) is 0 Å². The van der Waals surface area contributed by atoms with Crippen molar-refractivity contribution in [1.82, 2.24) is 4.57 Å². The largest absolute Gasteiger partial charge is 0.417 e. The highest BCUT2D eigenvalue weighted by Gasteiger charge is 2.31. The third-order valence-electron chi connectivity index (χ3n) is 1.64. The molecule has 0 aliphatic carbocycles. The summed E-state index contributed by atoms with van der Waals surface area (Å²) in [5.74, 6) is 0. The minimum absolute atomic E-state index is 0.0705. The van der Waals surface area contributed by atoms with Crippen LogP contribution in [0, 0.1) is 0 Å². The zero-order valence-corrected chi connectivity index (χ0v) is 8.01. The van der Waals surface area contributed by atoms with Gasteiger partial charge in [-0.2, -0.15) is 13.2 Å². The van der Waals surface area contributed by atoms with Gasteiger partial charge in [0, 0.05) is 18.4 Å². The van der Waals surface area contributed by atoms with Gasteiger partial charge in [0.1, 0.15) is 6.79 Å². The predicted octanol–water partition coefficient (Wildman–Crippen LogP) is 2.90. The second-order valence-corrected chi connectivity index (χ2v) is 2.94. The first-order valence-corrected chi connectivity index (χ1v) is 3.95. The second-order valence-electron chi connectivity index (χ2n) is 2.94. The summed E-state index contributed by atoms with van der Waals surface area (Å²) in [4.78, 5) is 8.00. The highest BCUT2D eigenvalue weighted by Crippen LogP contribution is 2.29. The Hall–Kier alpha value is -1.26. The monoisotopic (exact) mass is 207 g/mol. The molecule has 0 N–H and O–H groups in total. The average molecular weight is 207 g/mol. The van der Waals surface area contributed by atoms with Crippen LogP contribution in [0.2, 0.25) is 0 Å². The molecular weight excluding hydrogens is 195 g/mol. The summed E-state index contributed by atoms with van der Waals surface area (Å²) >= 11 is 0. The molecule has 1 aromatic heterocycles. The molecule has 2 nitrogen and oxygen atoms in total. The SMILES string of the molecule is C=O.CC(C)n1ccc(C(F)(F)F)c1. The maximum Gasteiger partial charge on any atom is 0.417 e. The van der Waals surface area contributed by atoms with Crippen LogP contribution < -0.4 is 0 Å². The number of carbonyl (C=O) groups excluding carboxylic acids is 1. The van der Waals surface area contributed by atoms with E-state index in [4.69, 9.17) is 4.79 Å². The van der Waals surface area contributed by atoms with Crippen molar-refractivity contribution >= 4 is 6.79 Å². The molecule has 1 rings (SSSR count). The van der Waals surface area contributed by atoms with Crippen molar-refractivity contribution in [3.05, 3.63) is 24.0 Å². The van der Waals surface area contributed by atoms with Crippen molar-refractivity contribution in [2.75, 3.05) is 0 Å². The number of carbonyl (C=O) groups is 1. The standard InChI is InChI=1S/C8H10F3N.CH2O/c1-6(2)12-4-3-7(5-12)8(9,10)11;1-2/h3-6H,1-2H3;1H2. The Balaban J connectivity index is 0.000000791. The van der Waals surface area contributed by atoms with Crippen LogP contribution in [0.25, 0.3) is 0 Å². The van der Waals surface area contributed by atoms with Crippen molar-refractivity contribution in [1.29, 1.82) is 0 Å². The predicted molar refractivity (Wildman–Crippen MR) is 46.9 cm³/mol. The quantitative estimate of drug-likeness (QED) is 0.694. The molecule has 0 radical (unpaired) electrons. The molecule has 1 heterocycles. The fourth-order valence-electron chi connectivity index (χ4n) is 0.902. The van der Waals surface area contributed by atoms with Gasteiger partial charge >= 0.3 is 6.18 Å². The Bertz CT molecular complexity index is 278. The third-order valence-corrected chi connectivity index (χ3v) is 1.64. The zero-order valence-electron chi connectivity index (χ0n) is 8.01. The van der Waals surface area contributed by atoms with E-state index in [0.29, 0.717) is 0 Å². The molecule has 0 unspecified atom stereocenters. The minimum atomic E-state index is -4.22. The maximum absolute atomic E-state index is 12.1. The van der Waals surface area contributed by atoms with E-state index in [1.165, 1.54) is 10.8 Å². The molecule has 1 aromatic rings. The van der Waals surface area contributed by atoms with Gasteiger partial charge in [-0.05, 0) is 19.9 Å². The fraction of sp³-hybridized carbons (Fsp3) is 0.444. The molecule has 0 aliphatic rings. The van der Waals surface area contributed by atoms with Crippen LogP contribution in [-0.2, 0) is 11.0 Å². The van der Waals surface area contributed by atoms with Crippen LogP contribution in [0.3, 0.4) is 0 Å². The number of alkyl halides is 3. The zero-order chi connectivity index (χ0) is 11.4. The minimum Gasteiger partial charge on any atom is -0.351 e. The molecule has 0 aliphatic heterocycles. The molecule has 0 fully saturated rings. The Kier molecular flexibility index (Phi) is 4.40. The summed E-state index contributed by atoms with van der Waals surface area (Å²) in [6, 6.07) is 1.15. The van der Waals surface area contributed by atoms with Crippen molar-refractivity contribution in [3.63, 3.8) is 0 Å². The van der Waals surface area contributed by atoms with Crippen LogP contribution in [0.4, 0.5) is 13.2 Å². The lowest BCUT2D eigenvalue weighted by atomic mass is 10.3. The highest BCUT2D eigenvalue weighted by molar-refractivity contribution is 5.14. The molecular formula is C9H12F3NO. The normalized spacial score (nSPS) is 11.0. The van der Waals surface area contributed by atoms with Crippen LogP contribution >= 0.6 is 0 Å². The van der Waals surface area contributed by atoms with Gasteiger partial charge in [0.05, 0.1) is 5.56 Å². The van der Waals surface area contributed by atoms with Gasteiger partial charge in [-0.25, -0.2) is 0 Å². The van der Waals surface area contributed by atoms with Gasteiger partial charge in [0.15, 0.2) is 0 Å². The van der Waals surface area contributed by atoms with Gasteiger partial charge in [0.2, 0.25) is 0 Å². The molecule has 5 heteroatoms. The lowest BCUT2D eigenvalue weighted by Crippen LogP contribution is -2.03. The van der Waals surface area contributed by atoms with E-state index in [-0.39, 0.29) is 6.04 Å². The molecule has 80 valence electrons. The van der Waals surface area contributed by atoms with E-state index in [9.17, 15) is 13.2 Å². The average Bonchev–Trinajstić information content (AvgIpc) is 2.54. The molecule has 0 saturated carbocycles. The van der Waals surface area contributed by atoms with Crippen LogP contribution in [0.1, 0.15) is 25.5 Å². The highest BCUT2D eigenvalue weighted by atomic mass is 19.4. The summed E-state index contributed by atoms with van der Waals surface area (Å²) in [5, 5.41) is 0. The Labute approximate surface area is 80.3 Å². The first kappa shape index (κ1) is 12.7. The Morgan fingerprint density at radius 1 is 1.36 bits per heavy atom. The molecule has 0 spiro atoms. The fourth-order valence-corrected chi connectivity index (χ4v) is 0.902. The summed E-state index contributed by atoms with van der Waals surface area (Å²) < 4.78 is 37.7. The number of hydrogen-bond acceptors (Lipinski definition) is 1. The molecule has 0 aromatic carbocycles. The van der Waals surface area contributed by atoms with Gasteiger partial charge < -0.3 is 9.36 Å². The number of halogens is 3.